The van der Waals surface area contributed by atoms with Gasteiger partial charge in [-0.15, -0.1) is 0 Å². The van der Waals surface area contributed by atoms with E-state index in [1.165, 1.54) is 5.39 Å². The fourth-order valence-corrected chi connectivity index (χ4v) is 3.28. The van der Waals surface area contributed by atoms with Crippen molar-refractivity contribution in [2.75, 3.05) is 0 Å². The summed E-state index contributed by atoms with van der Waals surface area (Å²) in [5.41, 5.74) is 3.68. The predicted molar refractivity (Wildman–Crippen MR) is 112 cm³/mol. The third-order valence-corrected chi connectivity index (χ3v) is 4.68. The zero-order valence-electron chi connectivity index (χ0n) is 14.9. The van der Waals surface area contributed by atoms with E-state index in [2.05, 4.69) is 28.2 Å². The smallest absolute Gasteiger partial charge is 0.231 e. The summed E-state index contributed by atoms with van der Waals surface area (Å²) in [5, 5.41) is 12.8. The highest BCUT2D eigenvalue weighted by molar-refractivity contribution is 6.00. The Labute approximate surface area is 161 Å². The fourth-order valence-electron chi connectivity index (χ4n) is 3.28. The fraction of sp³-hybridized carbons (Fsp3) is 0. The van der Waals surface area contributed by atoms with Gasteiger partial charge in [0.25, 0.3) is 0 Å². The number of aliphatic imine (C=N–C) groups is 1. The first-order chi connectivity index (χ1) is 13.8. The molecule has 0 amide bonds. The quantitative estimate of drug-likeness (QED) is 0.393. The second-order valence-electron chi connectivity index (χ2n) is 6.51. The van der Waals surface area contributed by atoms with Gasteiger partial charge in [0.15, 0.2) is 5.58 Å². The van der Waals surface area contributed by atoms with Crippen molar-refractivity contribution in [2.24, 2.45) is 4.99 Å². The Balaban J connectivity index is 1.48. The largest absolute Gasteiger partial charge is 0.507 e. The number of hydrogen-bond acceptors (Lipinski definition) is 4. The van der Waals surface area contributed by atoms with Crippen molar-refractivity contribution in [1.82, 2.24) is 4.98 Å². The van der Waals surface area contributed by atoms with E-state index in [1.54, 1.807) is 12.1 Å². The Morgan fingerprint density at radius 3 is 2.57 bits per heavy atom. The SMILES string of the molecule is Oc1cc(N=Cc2cccc3ccccc23)ccc1-c1nc2ccccc2o1. The van der Waals surface area contributed by atoms with Gasteiger partial charge in [-0.3, -0.25) is 4.99 Å². The van der Waals surface area contributed by atoms with Crippen LogP contribution >= 0.6 is 0 Å². The lowest BCUT2D eigenvalue weighted by atomic mass is 10.1. The van der Waals surface area contributed by atoms with Crippen LogP contribution in [0.15, 0.2) is 94.3 Å². The van der Waals surface area contributed by atoms with Gasteiger partial charge in [0.1, 0.15) is 11.3 Å². The number of fused-ring (bicyclic) bond motifs is 2. The van der Waals surface area contributed by atoms with Crippen LogP contribution in [0.4, 0.5) is 5.69 Å². The van der Waals surface area contributed by atoms with Crippen LogP contribution in [-0.2, 0) is 0 Å². The number of phenols is 1. The van der Waals surface area contributed by atoms with E-state index in [4.69, 9.17) is 4.42 Å². The lowest BCUT2D eigenvalue weighted by molar-refractivity contribution is 0.474. The molecule has 0 atom stereocenters. The minimum atomic E-state index is 0.0825. The molecule has 0 saturated heterocycles. The molecule has 28 heavy (non-hydrogen) atoms. The molecule has 1 aromatic heterocycles. The summed E-state index contributed by atoms with van der Waals surface area (Å²) < 4.78 is 5.74. The number of oxazole rings is 1. The monoisotopic (exact) mass is 364 g/mol. The minimum Gasteiger partial charge on any atom is -0.507 e. The third kappa shape index (κ3) is 2.91. The van der Waals surface area contributed by atoms with E-state index in [0.29, 0.717) is 22.7 Å². The van der Waals surface area contributed by atoms with Crippen LogP contribution in [0.1, 0.15) is 5.56 Å². The first kappa shape index (κ1) is 16.3. The van der Waals surface area contributed by atoms with Crippen LogP contribution in [0.25, 0.3) is 33.3 Å². The summed E-state index contributed by atoms with van der Waals surface area (Å²) in [4.78, 5) is 8.97. The number of benzene rings is 4. The van der Waals surface area contributed by atoms with Gasteiger partial charge in [-0.2, -0.15) is 0 Å². The van der Waals surface area contributed by atoms with Crippen molar-refractivity contribution in [1.29, 1.82) is 0 Å². The second-order valence-corrected chi connectivity index (χ2v) is 6.51. The molecule has 4 heteroatoms. The van der Waals surface area contributed by atoms with Gasteiger partial charge >= 0.3 is 0 Å². The van der Waals surface area contributed by atoms with Gasteiger partial charge in [-0.25, -0.2) is 4.98 Å². The molecule has 0 saturated carbocycles. The minimum absolute atomic E-state index is 0.0825. The molecule has 5 aromatic rings. The number of nitrogens with zero attached hydrogens (tertiary/aromatic N) is 2. The second kappa shape index (κ2) is 6.67. The van der Waals surface area contributed by atoms with Crippen LogP contribution in [0, 0.1) is 0 Å². The summed E-state index contributed by atoms with van der Waals surface area (Å²) in [6.45, 7) is 0. The highest BCUT2D eigenvalue weighted by Crippen LogP contribution is 2.33. The average Bonchev–Trinajstić information content (AvgIpc) is 3.16. The molecule has 0 spiro atoms. The maximum absolute atomic E-state index is 10.5. The number of para-hydroxylation sites is 2. The van der Waals surface area contributed by atoms with E-state index in [0.717, 1.165) is 16.5 Å². The molecule has 134 valence electrons. The first-order valence-corrected chi connectivity index (χ1v) is 8.99. The van der Waals surface area contributed by atoms with Gasteiger partial charge in [-0.05, 0) is 35.0 Å². The normalized spacial score (nSPS) is 11.6. The van der Waals surface area contributed by atoms with Gasteiger partial charge in [0.2, 0.25) is 5.89 Å². The summed E-state index contributed by atoms with van der Waals surface area (Å²) >= 11 is 0. The zero-order chi connectivity index (χ0) is 18.9. The third-order valence-electron chi connectivity index (χ3n) is 4.68. The number of hydrogen-bond donors (Lipinski definition) is 1. The molecule has 1 N–H and O–H groups in total. The van der Waals surface area contributed by atoms with E-state index in [9.17, 15) is 5.11 Å². The van der Waals surface area contributed by atoms with Crippen molar-refractivity contribution in [3.05, 3.63) is 90.5 Å². The van der Waals surface area contributed by atoms with Crippen LogP contribution < -0.4 is 0 Å². The predicted octanol–water partition coefficient (Wildman–Crippen LogP) is 6.10. The lowest BCUT2D eigenvalue weighted by Gasteiger charge is -2.03. The maximum atomic E-state index is 10.5. The molecule has 0 fully saturated rings. The molecule has 0 unspecified atom stereocenters. The highest BCUT2D eigenvalue weighted by atomic mass is 16.3. The van der Waals surface area contributed by atoms with Gasteiger partial charge in [0.05, 0.1) is 11.3 Å². The highest BCUT2D eigenvalue weighted by Gasteiger charge is 2.12. The molecular formula is C24H16N2O2. The molecule has 4 aromatic carbocycles. The number of phenolic OH excluding ortho intramolecular Hbond substituents is 1. The van der Waals surface area contributed by atoms with E-state index < -0.39 is 0 Å². The molecule has 0 aliphatic carbocycles. The summed E-state index contributed by atoms with van der Waals surface area (Å²) in [5.74, 6) is 0.474. The summed E-state index contributed by atoms with van der Waals surface area (Å²) in [7, 11) is 0. The Morgan fingerprint density at radius 2 is 1.68 bits per heavy atom. The Kier molecular flexibility index (Phi) is 3.87. The van der Waals surface area contributed by atoms with Crippen LogP contribution in [0.2, 0.25) is 0 Å². The molecule has 0 radical (unpaired) electrons. The standard InChI is InChI=1S/C24H16N2O2/c27-22-14-18(25-15-17-8-5-7-16-6-1-2-9-19(16)17)12-13-20(22)24-26-21-10-3-4-11-23(21)28-24/h1-15,27H. The van der Waals surface area contributed by atoms with Crippen LogP contribution in [-0.4, -0.2) is 16.3 Å². The maximum Gasteiger partial charge on any atom is 0.231 e. The molecule has 0 bridgehead atoms. The van der Waals surface area contributed by atoms with Gasteiger partial charge in [0, 0.05) is 17.8 Å². The Morgan fingerprint density at radius 1 is 0.857 bits per heavy atom. The molecule has 5 rings (SSSR count). The number of aromatic hydroxyl groups is 1. The van der Waals surface area contributed by atoms with Crippen LogP contribution in [0.5, 0.6) is 5.75 Å². The van der Waals surface area contributed by atoms with Crippen molar-refractivity contribution in [3.63, 3.8) is 0 Å². The molecule has 1 heterocycles. The number of rotatable bonds is 3. The topological polar surface area (TPSA) is 58.6 Å². The summed E-state index contributed by atoms with van der Waals surface area (Å²) in [6, 6.07) is 27.1. The van der Waals surface area contributed by atoms with E-state index in [-0.39, 0.29) is 5.75 Å². The van der Waals surface area contributed by atoms with Crippen molar-refractivity contribution < 1.29 is 9.52 Å². The average molecular weight is 364 g/mol. The summed E-state index contributed by atoms with van der Waals surface area (Å²) in [6.07, 6.45) is 1.82. The Hall–Kier alpha value is -3.92. The lowest BCUT2D eigenvalue weighted by Crippen LogP contribution is -1.84. The van der Waals surface area contributed by atoms with Gasteiger partial charge in [-0.1, -0.05) is 54.6 Å². The zero-order valence-corrected chi connectivity index (χ0v) is 14.9. The van der Waals surface area contributed by atoms with E-state index >= 15 is 0 Å². The van der Waals surface area contributed by atoms with Gasteiger partial charge < -0.3 is 9.52 Å². The first-order valence-electron chi connectivity index (χ1n) is 8.99. The molecular weight excluding hydrogens is 348 g/mol. The van der Waals surface area contributed by atoms with E-state index in [1.807, 2.05) is 60.8 Å². The number of aromatic nitrogens is 1. The molecule has 4 nitrogen and oxygen atoms in total. The van der Waals surface area contributed by atoms with Crippen molar-refractivity contribution in [3.8, 4) is 17.2 Å². The van der Waals surface area contributed by atoms with Crippen molar-refractivity contribution >= 4 is 33.8 Å². The Bertz CT molecular complexity index is 1300. The van der Waals surface area contributed by atoms with Crippen molar-refractivity contribution in [2.45, 2.75) is 0 Å². The molecule has 0 aliphatic rings. The molecule has 0 aliphatic heterocycles. The van der Waals surface area contributed by atoms with Crippen LogP contribution in [0.3, 0.4) is 0 Å².